The number of fused-ring (bicyclic) bond motifs is 7. The third-order valence-electron chi connectivity index (χ3n) is 12.3. The van der Waals surface area contributed by atoms with E-state index in [-0.39, 0.29) is 5.97 Å². The molecule has 192 valence electrons. The molecule has 2 aliphatic heterocycles. The molecule has 0 spiro atoms. The zero-order chi connectivity index (χ0) is 24.5. The molecule has 0 amide bonds. The summed E-state index contributed by atoms with van der Waals surface area (Å²) in [5.74, 6) is 2.72. The Morgan fingerprint density at radius 2 is 1.79 bits per heavy atom. The van der Waals surface area contributed by atoms with Gasteiger partial charge >= 0.3 is 11.9 Å². The lowest BCUT2D eigenvalue weighted by molar-refractivity contribution is -0.169. The highest BCUT2D eigenvalue weighted by molar-refractivity contribution is 7.76. The average Bonchev–Trinajstić information content (AvgIpc) is 3.18. The topological polar surface area (TPSA) is 63.6 Å². The van der Waals surface area contributed by atoms with Crippen LogP contribution in [0.1, 0.15) is 91.9 Å². The first kappa shape index (κ1) is 25.0. The molecule has 10 atom stereocenters. The molecule has 5 fully saturated rings. The first-order chi connectivity index (χ1) is 16.0. The largest absolute Gasteiger partial charge is 0.479 e. The molecule has 1 N–H and O–H groups in total. The molecule has 0 aromatic rings. The highest BCUT2D eigenvalue weighted by atomic mass is 31.2. The van der Waals surface area contributed by atoms with Crippen LogP contribution < -0.4 is 0 Å². The van der Waals surface area contributed by atoms with Crippen molar-refractivity contribution in [2.75, 3.05) is 19.4 Å². The SMILES string of the molecule is CC(C)C1CCC2(C(=O)OCC(=O)O)CCC3C(CCC4C5(C)CCCC(C)C5CC[P+]34C)C12. The molecule has 34 heavy (non-hydrogen) atoms. The van der Waals surface area contributed by atoms with Crippen molar-refractivity contribution in [2.45, 2.75) is 103 Å². The molecule has 0 aromatic carbocycles. The maximum Gasteiger partial charge on any atom is 0.341 e. The predicted octanol–water partition coefficient (Wildman–Crippen LogP) is 6.72. The van der Waals surface area contributed by atoms with Crippen molar-refractivity contribution in [3.63, 3.8) is 0 Å². The highest BCUT2D eigenvalue weighted by Crippen LogP contribution is 2.82. The Labute approximate surface area is 207 Å². The monoisotopic (exact) mass is 491 g/mol. The van der Waals surface area contributed by atoms with Gasteiger partial charge in [0.05, 0.1) is 22.9 Å². The molecule has 0 bridgehead atoms. The molecule has 4 nitrogen and oxygen atoms in total. The van der Waals surface area contributed by atoms with Gasteiger partial charge in [0.25, 0.3) is 0 Å². The summed E-state index contributed by atoms with van der Waals surface area (Å²) in [6, 6.07) is 0. The lowest BCUT2D eigenvalue weighted by atomic mass is 9.56. The summed E-state index contributed by atoms with van der Waals surface area (Å²) in [5, 5.41) is 9.15. The fourth-order valence-electron chi connectivity index (χ4n) is 11.0. The van der Waals surface area contributed by atoms with E-state index in [4.69, 9.17) is 9.84 Å². The van der Waals surface area contributed by atoms with E-state index in [1.807, 2.05) is 0 Å². The van der Waals surface area contributed by atoms with Gasteiger partial charge in [-0.15, -0.1) is 0 Å². The minimum atomic E-state index is -1.12. The van der Waals surface area contributed by atoms with Gasteiger partial charge in [-0.05, 0) is 86.9 Å². The second-order valence-corrected chi connectivity index (χ2v) is 18.2. The average molecular weight is 492 g/mol. The third-order valence-corrected chi connectivity index (χ3v) is 17.9. The van der Waals surface area contributed by atoms with E-state index < -0.39 is 25.3 Å². The van der Waals surface area contributed by atoms with Crippen molar-refractivity contribution in [1.82, 2.24) is 0 Å². The summed E-state index contributed by atoms with van der Waals surface area (Å²) in [4.78, 5) is 24.7. The highest BCUT2D eigenvalue weighted by Gasteiger charge is 2.70. The third kappa shape index (κ3) is 3.54. The number of carboxylic acids is 1. The molecule has 3 saturated carbocycles. The van der Waals surface area contributed by atoms with E-state index >= 15 is 0 Å². The molecule has 10 unspecified atom stereocenters. The van der Waals surface area contributed by atoms with Gasteiger partial charge in [0.2, 0.25) is 0 Å². The predicted molar refractivity (Wildman–Crippen MR) is 139 cm³/mol. The fraction of sp³-hybridized carbons (Fsp3) is 0.931. The van der Waals surface area contributed by atoms with E-state index in [9.17, 15) is 9.59 Å². The minimum absolute atomic E-state index is 0.191. The summed E-state index contributed by atoms with van der Waals surface area (Å²) in [6.07, 6.45) is 13.9. The first-order valence-corrected chi connectivity index (χ1v) is 16.8. The van der Waals surface area contributed by atoms with Crippen molar-refractivity contribution in [1.29, 1.82) is 0 Å². The number of aliphatic carboxylic acids is 1. The molecule has 3 aliphatic carbocycles. The molecule has 0 aromatic heterocycles. The van der Waals surface area contributed by atoms with Gasteiger partial charge < -0.3 is 9.84 Å². The van der Waals surface area contributed by atoms with Crippen LogP contribution in [0.2, 0.25) is 0 Å². The Morgan fingerprint density at radius 3 is 2.50 bits per heavy atom. The zero-order valence-electron chi connectivity index (χ0n) is 22.2. The van der Waals surface area contributed by atoms with E-state index in [1.54, 1.807) is 0 Å². The van der Waals surface area contributed by atoms with Crippen LogP contribution >= 0.6 is 7.26 Å². The molecule has 5 rings (SSSR count). The summed E-state index contributed by atoms with van der Waals surface area (Å²) in [5.41, 5.74) is 1.84. The van der Waals surface area contributed by atoms with Gasteiger partial charge in [0, 0.05) is 19.3 Å². The van der Waals surface area contributed by atoms with Crippen LogP contribution in [-0.4, -0.2) is 47.8 Å². The van der Waals surface area contributed by atoms with Crippen LogP contribution in [0.15, 0.2) is 0 Å². The first-order valence-electron chi connectivity index (χ1n) is 14.3. The molecule has 5 heteroatoms. The molecule has 2 heterocycles. The van der Waals surface area contributed by atoms with Gasteiger partial charge in [-0.2, -0.15) is 0 Å². The number of carbonyl (C=O) groups is 2. The van der Waals surface area contributed by atoms with E-state index in [1.165, 1.54) is 51.1 Å². The maximum atomic E-state index is 13.5. The second kappa shape index (κ2) is 8.74. The standard InChI is InChI=1S/C29H47O4P/c1-18(2)20-10-14-29(27(32)33-17-25(30)31)15-11-23-21(26(20)29)8-9-24-28(4)13-6-7-19(3)22(28)12-16-34(23,24)5/h18-24,26H,6-17H2,1-5H3/p+1. The number of hydrogen-bond acceptors (Lipinski definition) is 3. The second-order valence-electron chi connectivity index (χ2n) is 13.8. The maximum absolute atomic E-state index is 13.5. The number of ether oxygens (including phenoxy) is 1. The molecule has 0 radical (unpaired) electrons. The van der Waals surface area contributed by atoms with Crippen LogP contribution in [0.3, 0.4) is 0 Å². The van der Waals surface area contributed by atoms with Gasteiger partial charge in [0.15, 0.2) is 6.61 Å². The van der Waals surface area contributed by atoms with E-state index in [0.29, 0.717) is 29.1 Å². The van der Waals surface area contributed by atoms with Gasteiger partial charge in [-0.3, -0.25) is 4.79 Å². The van der Waals surface area contributed by atoms with Crippen molar-refractivity contribution in [3.8, 4) is 0 Å². The van der Waals surface area contributed by atoms with Crippen molar-refractivity contribution >= 4 is 19.2 Å². The molecular weight excluding hydrogens is 443 g/mol. The van der Waals surface area contributed by atoms with Gasteiger partial charge in [-0.1, -0.05) is 40.5 Å². The number of carboxylic acid groups (broad SMARTS) is 1. The van der Waals surface area contributed by atoms with Crippen molar-refractivity contribution < 1.29 is 19.4 Å². The van der Waals surface area contributed by atoms with Crippen LogP contribution in [-0.2, 0) is 14.3 Å². The van der Waals surface area contributed by atoms with Gasteiger partial charge in [0.1, 0.15) is 0 Å². The Hall–Kier alpha value is -0.630. The van der Waals surface area contributed by atoms with Crippen LogP contribution in [0.5, 0.6) is 0 Å². The summed E-state index contributed by atoms with van der Waals surface area (Å²) >= 11 is 0. The number of rotatable bonds is 4. The molecule has 5 aliphatic rings. The van der Waals surface area contributed by atoms with Crippen molar-refractivity contribution in [3.05, 3.63) is 0 Å². The molecule has 2 saturated heterocycles. The minimum Gasteiger partial charge on any atom is -0.479 e. The normalized spacial score (nSPS) is 50.0. The Morgan fingerprint density at radius 1 is 1.06 bits per heavy atom. The summed E-state index contributed by atoms with van der Waals surface area (Å²) in [6.45, 7) is 12.1. The van der Waals surface area contributed by atoms with Gasteiger partial charge in [-0.25, -0.2) is 4.79 Å². The molecular formula is C29H48O4P+. The Kier molecular flexibility index (Phi) is 6.44. The Balaban J connectivity index is 1.47. The van der Waals surface area contributed by atoms with E-state index in [2.05, 4.69) is 34.4 Å². The summed E-state index contributed by atoms with van der Waals surface area (Å²) in [7, 11) is -1.12. The fourth-order valence-corrected chi connectivity index (χ4v) is 17.3. The van der Waals surface area contributed by atoms with Crippen LogP contribution in [0, 0.1) is 46.3 Å². The van der Waals surface area contributed by atoms with Crippen LogP contribution in [0.4, 0.5) is 0 Å². The Bertz CT molecular complexity index is 827. The number of hydrogen-bond donors (Lipinski definition) is 1. The number of carbonyl (C=O) groups excluding carboxylic acids is 1. The quantitative estimate of drug-likeness (QED) is 0.350. The number of esters is 1. The van der Waals surface area contributed by atoms with Crippen molar-refractivity contribution in [2.24, 2.45) is 46.3 Å². The van der Waals surface area contributed by atoms with E-state index in [0.717, 1.165) is 42.4 Å². The lowest BCUT2D eigenvalue weighted by Gasteiger charge is -2.63. The lowest BCUT2D eigenvalue weighted by Crippen LogP contribution is -2.58. The smallest absolute Gasteiger partial charge is 0.341 e. The zero-order valence-corrected chi connectivity index (χ0v) is 23.1. The summed E-state index contributed by atoms with van der Waals surface area (Å²) < 4.78 is 5.46. The van der Waals surface area contributed by atoms with Crippen LogP contribution in [0.25, 0.3) is 0 Å².